The van der Waals surface area contributed by atoms with Gasteiger partial charge in [-0.05, 0) is 30.3 Å². The SMILES string of the molecule is COc1cccc(-c2nc3ccc(C#N)cc3n2C)c1. The Labute approximate surface area is 116 Å². The van der Waals surface area contributed by atoms with Gasteiger partial charge < -0.3 is 9.30 Å². The maximum absolute atomic E-state index is 8.98. The van der Waals surface area contributed by atoms with Crippen LogP contribution in [0.3, 0.4) is 0 Å². The molecule has 1 aromatic heterocycles. The van der Waals surface area contributed by atoms with Crippen LogP contribution in [0.15, 0.2) is 42.5 Å². The summed E-state index contributed by atoms with van der Waals surface area (Å²) in [6, 6.07) is 15.4. The highest BCUT2D eigenvalue weighted by atomic mass is 16.5. The first-order valence-corrected chi connectivity index (χ1v) is 6.24. The zero-order valence-corrected chi connectivity index (χ0v) is 11.3. The van der Waals surface area contributed by atoms with Crippen LogP contribution in [-0.4, -0.2) is 16.7 Å². The maximum atomic E-state index is 8.98. The Balaban J connectivity index is 2.21. The summed E-state index contributed by atoms with van der Waals surface area (Å²) in [5.74, 6) is 1.65. The molecule has 0 aliphatic carbocycles. The molecule has 0 saturated carbocycles. The Hall–Kier alpha value is -2.80. The van der Waals surface area contributed by atoms with Gasteiger partial charge in [-0.1, -0.05) is 12.1 Å². The van der Waals surface area contributed by atoms with E-state index < -0.39 is 0 Å². The number of hydrogen-bond acceptors (Lipinski definition) is 3. The standard InChI is InChI=1S/C16H13N3O/c1-19-15-8-11(10-17)6-7-14(15)18-16(19)12-4-3-5-13(9-12)20-2/h3-9H,1-2H3. The highest BCUT2D eigenvalue weighted by molar-refractivity contribution is 5.82. The van der Waals surface area contributed by atoms with E-state index in [2.05, 4.69) is 11.1 Å². The van der Waals surface area contributed by atoms with Crippen LogP contribution in [0.2, 0.25) is 0 Å². The molecule has 4 nitrogen and oxygen atoms in total. The van der Waals surface area contributed by atoms with E-state index in [4.69, 9.17) is 10.00 Å². The first kappa shape index (κ1) is 12.2. The second-order valence-electron chi connectivity index (χ2n) is 4.54. The highest BCUT2D eigenvalue weighted by Crippen LogP contribution is 2.26. The molecular formula is C16H13N3O. The summed E-state index contributed by atoms with van der Waals surface area (Å²) in [6.07, 6.45) is 0. The van der Waals surface area contributed by atoms with Crippen molar-refractivity contribution in [3.63, 3.8) is 0 Å². The molecule has 0 spiro atoms. The van der Waals surface area contributed by atoms with Crippen molar-refractivity contribution in [3.05, 3.63) is 48.0 Å². The lowest BCUT2D eigenvalue weighted by Gasteiger charge is -2.05. The van der Waals surface area contributed by atoms with Gasteiger partial charge in [-0.3, -0.25) is 0 Å². The van der Waals surface area contributed by atoms with Crippen molar-refractivity contribution in [1.82, 2.24) is 9.55 Å². The van der Waals surface area contributed by atoms with Gasteiger partial charge in [-0.2, -0.15) is 5.26 Å². The summed E-state index contributed by atoms with van der Waals surface area (Å²) in [4.78, 5) is 4.63. The molecule has 1 heterocycles. The Kier molecular flexibility index (Phi) is 2.88. The Morgan fingerprint density at radius 2 is 2.05 bits per heavy atom. The van der Waals surface area contributed by atoms with E-state index in [-0.39, 0.29) is 0 Å². The summed E-state index contributed by atoms with van der Waals surface area (Å²) in [7, 11) is 3.60. The number of benzene rings is 2. The average Bonchev–Trinajstić information content (AvgIpc) is 2.84. The molecule has 0 unspecified atom stereocenters. The normalized spacial score (nSPS) is 10.4. The smallest absolute Gasteiger partial charge is 0.140 e. The van der Waals surface area contributed by atoms with Crippen LogP contribution >= 0.6 is 0 Å². The Morgan fingerprint density at radius 1 is 1.20 bits per heavy atom. The van der Waals surface area contributed by atoms with Gasteiger partial charge in [0, 0.05) is 12.6 Å². The molecule has 20 heavy (non-hydrogen) atoms. The van der Waals surface area contributed by atoms with Crippen molar-refractivity contribution < 1.29 is 4.74 Å². The fourth-order valence-corrected chi connectivity index (χ4v) is 2.28. The molecule has 98 valence electrons. The lowest BCUT2D eigenvalue weighted by Crippen LogP contribution is -1.93. The van der Waals surface area contributed by atoms with Gasteiger partial charge >= 0.3 is 0 Å². The van der Waals surface area contributed by atoms with Crippen molar-refractivity contribution in [2.75, 3.05) is 7.11 Å². The number of imidazole rings is 1. The minimum atomic E-state index is 0.637. The van der Waals surface area contributed by atoms with E-state index in [0.717, 1.165) is 28.2 Å². The molecule has 3 aromatic rings. The van der Waals surface area contributed by atoms with Crippen LogP contribution in [0.25, 0.3) is 22.4 Å². The highest BCUT2D eigenvalue weighted by Gasteiger charge is 2.10. The van der Waals surface area contributed by atoms with Crippen molar-refractivity contribution in [3.8, 4) is 23.2 Å². The third-order valence-corrected chi connectivity index (χ3v) is 3.34. The van der Waals surface area contributed by atoms with Crippen LogP contribution in [0.1, 0.15) is 5.56 Å². The van der Waals surface area contributed by atoms with Gasteiger partial charge in [-0.25, -0.2) is 4.98 Å². The number of fused-ring (bicyclic) bond motifs is 1. The van der Waals surface area contributed by atoms with Crippen LogP contribution in [0.4, 0.5) is 0 Å². The zero-order valence-electron chi connectivity index (χ0n) is 11.3. The molecule has 0 saturated heterocycles. The fraction of sp³-hybridized carbons (Fsp3) is 0.125. The lowest BCUT2D eigenvalue weighted by atomic mass is 10.2. The van der Waals surface area contributed by atoms with Gasteiger partial charge in [0.15, 0.2) is 0 Å². The summed E-state index contributed by atoms with van der Waals surface area (Å²) in [6.45, 7) is 0. The van der Waals surface area contributed by atoms with Crippen molar-refractivity contribution >= 4 is 11.0 Å². The van der Waals surface area contributed by atoms with E-state index in [0.29, 0.717) is 5.56 Å². The summed E-state index contributed by atoms with van der Waals surface area (Å²) < 4.78 is 7.24. The molecule has 0 bridgehead atoms. The van der Waals surface area contributed by atoms with E-state index in [1.807, 2.05) is 48.0 Å². The van der Waals surface area contributed by atoms with Gasteiger partial charge in [0.2, 0.25) is 0 Å². The maximum Gasteiger partial charge on any atom is 0.140 e. The lowest BCUT2D eigenvalue weighted by molar-refractivity contribution is 0.415. The Bertz CT molecular complexity index is 827. The second kappa shape index (κ2) is 4.71. The first-order valence-electron chi connectivity index (χ1n) is 6.24. The minimum Gasteiger partial charge on any atom is -0.497 e. The molecule has 2 aromatic carbocycles. The molecule has 0 N–H and O–H groups in total. The van der Waals surface area contributed by atoms with E-state index in [1.54, 1.807) is 13.2 Å². The van der Waals surface area contributed by atoms with Gasteiger partial charge in [0.1, 0.15) is 11.6 Å². The molecule has 0 aliphatic heterocycles. The number of rotatable bonds is 2. The molecule has 0 atom stereocenters. The molecule has 0 aliphatic rings. The van der Waals surface area contributed by atoms with Crippen molar-refractivity contribution in [2.45, 2.75) is 0 Å². The molecule has 0 amide bonds. The second-order valence-corrected chi connectivity index (χ2v) is 4.54. The first-order chi connectivity index (χ1) is 9.72. The minimum absolute atomic E-state index is 0.637. The average molecular weight is 263 g/mol. The number of hydrogen-bond donors (Lipinski definition) is 0. The zero-order chi connectivity index (χ0) is 14.1. The summed E-state index contributed by atoms with van der Waals surface area (Å²) in [5.41, 5.74) is 3.45. The summed E-state index contributed by atoms with van der Waals surface area (Å²) >= 11 is 0. The summed E-state index contributed by atoms with van der Waals surface area (Å²) in [5, 5.41) is 8.98. The van der Waals surface area contributed by atoms with Crippen LogP contribution in [0, 0.1) is 11.3 Å². The van der Waals surface area contributed by atoms with E-state index in [1.165, 1.54) is 0 Å². The van der Waals surface area contributed by atoms with Gasteiger partial charge in [-0.15, -0.1) is 0 Å². The third kappa shape index (κ3) is 1.90. The number of nitrogens with zero attached hydrogens (tertiary/aromatic N) is 3. The Morgan fingerprint density at radius 3 is 2.80 bits per heavy atom. The van der Waals surface area contributed by atoms with Gasteiger partial charge in [0.05, 0.1) is 29.8 Å². The monoisotopic (exact) mass is 263 g/mol. The van der Waals surface area contributed by atoms with Gasteiger partial charge in [0.25, 0.3) is 0 Å². The molecular weight excluding hydrogens is 250 g/mol. The number of ether oxygens (including phenoxy) is 1. The van der Waals surface area contributed by atoms with Crippen LogP contribution in [-0.2, 0) is 7.05 Å². The molecule has 0 fully saturated rings. The molecule has 3 rings (SSSR count). The number of nitriles is 1. The van der Waals surface area contributed by atoms with Crippen LogP contribution < -0.4 is 4.74 Å². The predicted octanol–water partition coefficient (Wildman–Crippen LogP) is 3.12. The predicted molar refractivity (Wildman–Crippen MR) is 77.4 cm³/mol. The third-order valence-electron chi connectivity index (χ3n) is 3.34. The van der Waals surface area contributed by atoms with E-state index >= 15 is 0 Å². The number of aryl methyl sites for hydroxylation is 1. The quantitative estimate of drug-likeness (QED) is 0.713. The fourth-order valence-electron chi connectivity index (χ4n) is 2.28. The molecule has 4 heteroatoms. The molecule has 0 radical (unpaired) electrons. The number of methoxy groups -OCH3 is 1. The van der Waals surface area contributed by atoms with Crippen molar-refractivity contribution in [1.29, 1.82) is 5.26 Å². The topological polar surface area (TPSA) is 50.8 Å². The largest absolute Gasteiger partial charge is 0.497 e. The number of aromatic nitrogens is 2. The van der Waals surface area contributed by atoms with Crippen LogP contribution in [0.5, 0.6) is 5.75 Å². The van der Waals surface area contributed by atoms with Crippen molar-refractivity contribution in [2.24, 2.45) is 7.05 Å². The van der Waals surface area contributed by atoms with E-state index in [9.17, 15) is 0 Å².